The van der Waals surface area contributed by atoms with E-state index in [1.807, 2.05) is 39.1 Å². The molecule has 2 atom stereocenters. The molecule has 0 radical (unpaired) electrons. The van der Waals surface area contributed by atoms with E-state index in [-0.39, 0.29) is 23.1 Å². The lowest BCUT2D eigenvalue weighted by molar-refractivity contribution is -0.117. The third-order valence-electron chi connectivity index (χ3n) is 2.32. The largest absolute Gasteiger partial charge is 0.369 e. The number of amides is 1. The number of carbonyl (C=O) groups is 1. The van der Waals surface area contributed by atoms with Crippen LogP contribution in [0.1, 0.15) is 44.2 Å². The predicted molar refractivity (Wildman–Crippen MR) is 76.7 cm³/mol. The van der Waals surface area contributed by atoms with Gasteiger partial charge in [-0.1, -0.05) is 0 Å². The van der Waals surface area contributed by atoms with Crippen LogP contribution in [0.5, 0.6) is 0 Å². The predicted octanol–water partition coefficient (Wildman–Crippen LogP) is 1.89. The van der Waals surface area contributed by atoms with Crippen LogP contribution in [-0.4, -0.2) is 14.9 Å². The number of thiophene rings is 1. The Bertz CT molecular complexity index is 449. The summed E-state index contributed by atoms with van der Waals surface area (Å²) in [6.45, 7) is 7.74. The quantitative estimate of drug-likeness (QED) is 0.868. The Balaban J connectivity index is 2.67. The van der Waals surface area contributed by atoms with Crippen LogP contribution in [0.3, 0.4) is 0 Å². The molecule has 1 unspecified atom stereocenters. The van der Waals surface area contributed by atoms with Crippen LogP contribution >= 0.6 is 11.3 Å². The Morgan fingerprint density at radius 3 is 2.67 bits per heavy atom. The van der Waals surface area contributed by atoms with Crippen LogP contribution in [0, 0.1) is 0 Å². The second-order valence-corrected chi connectivity index (χ2v) is 8.16. The molecule has 1 aromatic heterocycles. The third-order valence-corrected chi connectivity index (χ3v) is 5.16. The van der Waals surface area contributed by atoms with E-state index in [1.54, 1.807) is 11.3 Å². The van der Waals surface area contributed by atoms with Gasteiger partial charge in [-0.15, -0.1) is 11.3 Å². The molecule has 0 saturated heterocycles. The van der Waals surface area contributed by atoms with E-state index in [4.69, 9.17) is 5.73 Å². The summed E-state index contributed by atoms with van der Waals surface area (Å²) >= 11 is 1.55. The molecule has 0 saturated carbocycles. The van der Waals surface area contributed by atoms with Crippen molar-refractivity contribution in [1.82, 2.24) is 4.72 Å². The fourth-order valence-corrected chi connectivity index (χ4v) is 3.11. The highest BCUT2D eigenvalue weighted by Gasteiger charge is 2.22. The molecule has 102 valence electrons. The molecule has 6 heteroatoms. The Hall–Kier alpha value is -0.720. The summed E-state index contributed by atoms with van der Waals surface area (Å²) in [4.78, 5) is 11.9. The van der Waals surface area contributed by atoms with Crippen molar-refractivity contribution in [2.24, 2.45) is 5.73 Å². The molecule has 0 aliphatic heterocycles. The van der Waals surface area contributed by atoms with Crippen LogP contribution in [-0.2, 0) is 22.2 Å². The van der Waals surface area contributed by atoms with Gasteiger partial charge in [0.2, 0.25) is 5.91 Å². The maximum atomic E-state index is 12.0. The normalized spacial score (nSPS) is 15.3. The molecule has 0 spiro atoms. The number of primary amides is 1. The number of hydrogen-bond acceptors (Lipinski definition) is 3. The first-order valence-corrected chi connectivity index (χ1v) is 7.76. The van der Waals surface area contributed by atoms with Gasteiger partial charge in [-0.2, -0.15) is 0 Å². The van der Waals surface area contributed by atoms with E-state index in [1.165, 1.54) is 0 Å². The van der Waals surface area contributed by atoms with Gasteiger partial charge in [0.05, 0.1) is 28.2 Å². The Kier molecular flexibility index (Phi) is 5.07. The van der Waals surface area contributed by atoms with Gasteiger partial charge >= 0.3 is 0 Å². The zero-order valence-electron chi connectivity index (χ0n) is 11.1. The zero-order chi connectivity index (χ0) is 13.9. The van der Waals surface area contributed by atoms with Gasteiger partial charge in [-0.25, -0.2) is 8.93 Å². The summed E-state index contributed by atoms with van der Waals surface area (Å²) in [7, 11) is -1.10. The van der Waals surface area contributed by atoms with Crippen molar-refractivity contribution in [2.45, 2.75) is 44.9 Å². The molecule has 18 heavy (non-hydrogen) atoms. The van der Waals surface area contributed by atoms with E-state index in [2.05, 4.69) is 4.72 Å². The second-order valence-electron chi connectivity index (χ2n) is 5.22. The molecule has 3 N–H and O–H groups in total. The number of nitrogens with two attached hydrogens (primary N) is 1. The maximum absolute atomic E-state index is 12.0. The summed E-state index contributed by atoms with van der Waals surface area (Å²) in [6, 6.07) is 1.93. The minimum Gasteiger partial charge on any atom is -0.369 e. The van der Waals surface area contributed by atoms with Crippen molar-refractivity contribution in [1.29, 1.82) is 0 Å². The molecule has 0 aliphatic carbocycles. The molecule has 0 aliphatic rings. The van der Waals surface area contributed by atoms with Crippen molar-refractivity contribution in [3.05, 3.63) is 21.9 Å². The molecule has 1 heterocycles. The van der Waals surface area contributed by atoms with Crippen LogP contribution < -0.4 is 10.5 Å². The van der Waals surface area contributed by atoms with Crippen molar-refractivity contribution in [3.8, 4) is 0 Å². The van der Waals surface area contributed by atoms with E-state index in [0.29, 0.717) is 0 Å². The number of hydrogen-bond donors (Lipinski definition) is 2. The topological polar surface area (TPSA) is 72.2 Å². The monoisotopic (exact) mass is 288 g/mol. The summed E-state index contributed by atoms with van der Waals surface area (Å²) in [5.41, 5.74) is 6.06. The highest BCUT2D eigenvalue weighted by Crippen LogP contribution is 2.24. The summed E-state index contributed by atoms with van der Waals surface area (Å²) < 4.78 is 14.7. The molecule has 1 rings (SSSR count). The van der Waals surface area contributed by atoms with Gasteiger partial charge in [0.1, 0.15) is 0 Å². The number of nitrogens with one attached hydrogen (secondary N) is 1. The number of rotatable bonds is 5. The Morgan fingerprint density at radius 2 is 2.17 bits per heavy atom. The van der Waals surface area contributed by atoms with E-state index in [9.17, 15) is 9.00 Å². The van der Waals surface area contributed by atoms with Crippen molar-refractivity contribution < 1.29 is 9.00 Å². The molecular weight excluding hydrogens is 268 g/mol. The highest BCUT2D eigenvalue weighted by molar-refractivity contribution is 7.84. The summed E-state index contributed by atoms with van der Waals surface area (Å²) in [6.07, 6.45) is 0.256. The fraction of sp³-hybridized carbons (Fsp3) is 0.583. The van der Waals surface area contributed by atoms with Gasteiger partial charge in [0.15, 0.2) is 0 Å². The molecule has 1 aromatic rings. The van der Waals surface area contributed by atoms with Gasteiger partial charge in [0, 0.05) is 4.88 Å². The fourth-order valence-electron chi connectivity index (χ4n) is 1.31. The third kappa shape index (κ3) is 4.51. The van der Waals surface area contributed by atoms with Crippen LogP contribution in [0.15, 0.2) is 11.4 Å². The van der Waals surface area contributed by atoms with E-state index < -0.39 is 11.0 Å². The molecular formula is C12H20N2O2S2. The molecule has 1 amide bonds. The van der Waals surface area contributed by atoms with Gasteiger partial charge in [-0.3, -0.25) is 4.79 Å². The van der Waals surface area contributed by atoms with Crippen LogP contribution in [0.4, 0.5) is 0 Å². The average molecular weight is 288 g/mol. The van der Waals surface area contributed by atoms with Crippen molar-refractivity contribution >= 4 is 28.2 Å². The Morgan fingerprint density at radius 1 is 1.56 bits per heavy atom. The second kappa shape index (κ2) is 5.95. The lowest BCUT2D eigenvalue weighted by Crippen LogP contribution is -2.34. The van der Waals surface area contributed by atoms with E-state index >= 15 is 0 Å². The summed E-state index contributed by atoms with van der Waals surface area (Å²) in [5.74, 6) is -0.335. The number of carbonyl (C=O) groups excluding carboxylic acids is 1. The first-order chi connectivity index (χ1) is 8.20. The first kappa shape index (κ1) is 15.3. The van der Waals surface area contributed by atoms with Gasteiger partial charge in [-0.05, 0) is 44.7 Å². The van der Waals surface area contributed by atoms with Crippen molar-refractivity contribution in [2.75, 3.05) is 0 Å². The van der Waals surface area contributed by atoms with Gasteiger partial charge < -0.3 is 5.73 Å². The lowest BCUT2D eigenvalue weighted by Gasteiger charge is -2.21. The highest BCUT2D eigenvalue weighted by atomic mass is 32.2. The standard InChI is InChI=1S/C12H20N2O2S2/c1-8(14-18(16)12(2,3)4)10-5-9(7-17-10)6-11(13)15/h5,7-8,14H,6H2,1-4H3,(H2,13,15)/t8-,18?/m0/s1. The minimum absolute atomic E-state index is 0.00307. The zero-order valence-corrected chi connectivity index (χ0v) is 12.8. The maximum Gasteiger partial charge on any atom is 0.221 e. The molecule has 4 nitrogen and oxygen atoms in total. The van der Waals surface area contributed by atoms with Crippen molar-refractivity contribution in [3.63, 3.8) is 0 Å². The van der Waals surface area contributed by atoms with Crippen LogP contribution in [0.25, 0.3) is 0 Å². The Labute approximate surface area is 115 Å². The summed E-state index contributed by atoms with van der Waals surface area (Å²) in [5, 5.41) is 1.91. The molecule has 0 aromatic carbocycles. The smallest absolute Gasteiger partial charge is 0.221 e. The minimum atomic E-state index is -1.10. The van der Waals surface area contributed by atoms with Crippen LogP contribution in [0.2, 0.25) is 0 Å². The van der Waals surface area contributed by atoms with E-state index in [0.717, 1.165) is 10.4 Å². The average Bonchev–Trinajstić information content (AvgIpc) is 2.63. The lowest BCUT2D eigenvalue weighted by atomic mass is 10.2. The SMILES string of the molecule is C[C@H](NS(=O)C(C)(C)C)c1cc(CC(N)=O)cs1. The molecule has 0 fully saturated rings. The van der Waals surface area contributed by atoms with Gasteiger partial charge in [0.25, 0.3) is 0 Å². The first-order valence-electron chi connectivity index (χ1n) is 5.74. The molecule has 0 bridgehead atoms.